The van der Waals surface area contributed by atoms with Gasteiger partial charge >= 0.3 is 0 Å². The van der Waals surface area contributed by atoms with Crippen molar-refractivity contribution in [3.8, 4) is 0 Å². The van der Waals surface area contributed by atoms with Crippen molar-refractivity contribution in [3.05, 3.63) is 47.8 Å². The maximum absolute atomic E-state index is 13.6. The number of nitrogens with one attached hydrogen (secondary N) is 1. The lowest BCUT2D eigenvalue weighted by Crippen LogP contribution is -2.20. The third-order valence-electron chi connectivity index (χ3n) is 2.54. The lowest BCUT2D eigenvalue weighted by molar-refractivity contribution is 0.1000. The Morgan fingerprint density at radius 3 is 2.89 bits per heavy atom. The lowest BCUT2D eigenvalue weighted by Gasteiger charge is -2.07. The average Bonchev–Trinajstić information content (AvgIpc) is 2.39. The molecule has 5 heteroatoms. The SMILES string of the molecule is C=CCCOCCNCc1ccc(C(N)=O)cc1F. The minimum Gasteiger partial charge on any atom is -0.380 e. The normalized spacial score (nSPS) is 10.4. The molecule has 0 saturated heterocycles. The summed E-state index contributed by atoms with van der Waals surface area (Å²) in [5.74, 6) is -1.06. The molecule has 1 aromatic carbocycles. The molecule has 0 aliphatic rings. The quantitative estimate of drug-likeness (QED) is 0.527. The first-order valence-electron chi connectivity index (χ1n) is 6.12. The fourth-order valence-electron chi connectivity index (χ4n) is 1.48. The fraction of sp³-hybridized carbons (Fsp3) is 0.357. The summed E-state index contributed by atoms with van der Waals surface area (Å²) in [7, 11) is 0. The largest absolute Gasteiger partial charge is 0.380 e. The molecule has 0 spiro atoms. The Morgan fingerprint density at radius 1 is 1.47 bits per heavy atom. The summed E-state index contributed by atoms with van der Waals surface area (Å²) in [5.41, 5.74) is 5.74. The van der Waals surface area contributed by atoms with E-state index in [1.54, 1.807) is 12.1 Å². The molecule has 0 aliphatic carbocycles. The fourth-order valence-corrected chi connectivity index (χ4v) is 1.48. The number of ether oxygens (including phenoxy) is 1. The number of primary amides is 1. The van der Waals surface area contributed by atoms with E-state index in [-0.39, 0.29) is 5.56 Å². The van der Waals surface area contributed by atoms with Crippen molar-refractivity contribution < 1.29 is 13.9 Å². The van der Waals surface area contributed by atoms with Crippen LogP contribution in [0.2, 0.25) is 0 Å². The maximum atomic E-state index is 13.6. The minimum atomic E-state index is -0.631. The van der Waals surface area contributed by atoms with Crippen LogP contribution in [0.1, 0.15) is 22.3 Å². The number of rotatable bonds is 9. The standard InChI is InChI=1S/C14H19FN2O2/c1-2-3-7-19-8-6-17-10-12-5-4-11(14(16)18)9-13(12)15/h2,4-5,9,17H,1,3,6-8,10H2,(H2,16,18). The monoisotopic (exact) mass is 266 g/mol. The van der Waals surface area contributed by atoms with Crippen LogP contribution in [0.25, 0.3) is 0 Å². The topological polar surface area (TPSA) is 64.3 Å². The van der Waals surface area contributed by atoms with Gasteiger partial charge in [-0.2, -0.15) is 0 Å². The number of carbonyl (C=O) groups is 1. The third-order valence-corrected chi connectivity index (χ3v) is 2.54. The molecule has 0 heterocycles. The maximum Gasteiger partial charge on any atom is 0.248 e. The Labute approximate surface area is 112 Å². The van der Waals surface area contributed by atoms with Crippen LogP contribution in [0.3, 0.4) is 0 Å². The zero-order valence-electron chi connectivity index (χ0n) is 10.8. The first-order chi connectivity index (χ1) is 9.15. The summed E-state index contributed by atoms with van der Waals surface area (Å²) in [5, 5.41) is 3.06. The van der Waals surface area contributed by atoms with Crippen molar-refractivity contribution >= 4 is 5.91 Å². The Hall–Kier alpha value is -1.72. The van der Waals surface area contributed by atoms with Crippen LogP contribution in [0, 0.1) is 5.82 Å². The molecule has 0 radical (unpaired) electrons. The van der Waals surface area contributed by atoms with Crippen LogP contribution < -0.4 is 11.1 Å². The first kappa shape index (κ1) is 15.3. The molecule has 0 saturated carbocycles. The Morgan fingerprint density at radius 2 is 2.26 bits per heavy atom. The zero-order chi connectivity index (χ0) is 14.1. The number of halogens is 1. The van der Waals surface area contributed by atoms with Gasteiger partial charge in [-0.1, -0.05) is 12.1 Å². The Balaban J connectivity index is 2.29. The zero-order valence-corrected chi connectivity index (χ0v) is 10.8. The van der Waals surface area contributed by atoms with Gasteiger partial charge in [0.1, 0.15) is 5.82 Å². The van der Waals surface area contributed by atoms with Crippen LogP contribution in [0.4, 0.5) is 4.39 Å². The highest BCUT2D eigenvalue weighted by Gasteiger charge is 2.06. The summed E-state index contributed by atoms with van der Waals surface area (Å²) >= 11 is 0. The summed E-state index contributed by atoms with van der Waals surface area (Å²) in [6, 6.07) is 4.23. The number of hydrogen-bond donors (Lipinski definition) is 2. The molecule has 1 rings (SSSR count). The van der Waals surface area contributed by atoms with Crippen molar-refractivity contribution in [2.45, 2.75) is 13.0 Å². The van der Waals surface area contributed by atoms with Crippen molar-refractivity contribution in [2.24, 2.45) is 5.73 Å². The van der Waals surface area contributed by atoms with Crippen molar-refractivity contribution in [3.63, 3.8) is 0 Å². The average molecular weight is 266 g/mol. The summed E-state index contributed by atoms with van der Waals surface area (Å²) in [4.78, 5) is 10.9. The van der Waals surface area contributed by atoms with E-state index >= 15 is 0 Å². The van der Waals surface area contributed by atoms with Crippen LogP contribution in [-0.4, -0.2) is 25.7 Å². The Kier molecular flexibility index (Phi) is 6.78. The van der Waals surface area contributed by atoms with Gasteiger partial charge in [0, 0.05) is 24.2 Å². The van der Waals surface area contributed by atoms with E-state index in [0.29, 0.717) is 31.9 Å². The van der Waals surface area contributed by atoms with Gasteiger partial charge < -0.3 is 15.8 Å². The molecule has 0 bridgehead atoms. The van der Waals surface area contributed by atoms with E-state index in [2.05, 4.69) is 11.9 Å². The molecule has 4 nitrogen and oxygen atoms in total. The molecule has 0 unspecified atom stereocenters. The number of benzene rings is 1. The summed E-state index contributed by atoms with van der Waals surface area (Å²) in [6.45, 7) is 5.82. The third kappa shape index (κ3) is 5.63. The van der Waals surface area contributed by atoms with Gasteiger partial charge in [0.2, 0.25) is 5.91 Å². The van der Waals surface area contributed by atoms with Gasteiger partial charge in [-0.25, -0.2) is 4.39 Å². The molecular weight excluding hydrogens is 247 g/mol. The molecule has 1 aromatic rings. The summed E-state index contributed by atoms with van der Waals surface area (Å²) < 4.78 is 18.9. The van der Waals surface area contributed by atoms with E-state index in [1.807, 2.05) is 0 Å². The van der Waals surface area contributed by atoms with Crippen LogP contribution >= 0.6 is 0 Å². The molecule has 19 heavy (non-hydrogen) atoms. The highest BCUT2D eigenvalue weighted by Crippen LogP contribution is 2.09. The second-order valence-electron chi connectivity index (χ2n) is 4.04. The van der Waals surface area contributed by atoms with Gasteiger partial charge in [-0.05, 0) is 18.6 Å². The van der Waals surface area contributed by atoms with E-state index in [0.717, 1.165) is 12.5 Å². The molecule has 0 aromatic heterocycles. The number of nitrogens with two attached hydrogens (primary N) is 1. The highest BCUT2D eigenvalue weighted by atomic mass is 19.1. The van der Waals surface area contributed by atoms with E-state index < -0.39 is 11.7 Å². The predicted molar refractivity (Wildman–Crippen MR) is 72.3 cm³/mol. The second kappa shape index (κ2) is 8.39. The second-order valence-corrected chi connectivity index (χ2v) is 4.04. The lowest BCUT2D eigenvalue weighted by atomic mass is 10.1. The van der Waals surface area contributed by atoms with Gasteiger partial charge in [-0.15, -0.1) is 6.58 Å². The van der Waals surface area contributed by atoms with Gasteiger partial charge in [0.25, 0.3) is 0 Å². The number of amides is 1. The molecule has 3 N–H and O–H groups in total. The van der Waals surface area contributed by atoms with Crippen LogP contribution in [0.15, 0.2) is 30.9 Å². The highest BCUT2D eigenvalue weighted by molar-refractivity contribution is 5.92. The molecule has 1 amide bonds. The molecular formula is C14H19FN2O2. The van der Waals surface area contributed by atoms with E-state index in [1.165, 1.54) is 6.07 Å². The molecule has 0 fully saturated rings. The number of carbonyl (C=O) groups excluding carboxylic acids is 1. The summed E-state index contributed by atoms with van der Waals surface area (Å²) in [6.07, 6.45) is 2.62. The van der Waals surface area contributed by atoms with Gasteiger partial charge in [-0.3, -0.25) is 4.79 Å². The van der Waals surface area contributed by atoms with Crippen LogP contribution in [0.5, 0.6) is 0 Å². The van der Waals surface area contributed by atoms with Crippen molar-refractivity contribution in [1.29, 1.82) is 0 Å². The van der Waals surface area contributed by atoms with Gasteiger partial charge in [0.05, 0.1) is 13.2 Å². The minimum absolute atomic E-state index is 0.175. The number of hydrogen-bond acceptors (Lipinski definition) is 3. The smallest absolute Gasteiger partial charge is 0.248 e. The van der Waals surface area contributed by atoms with Crippen molar-refractivity contribution in [1.82, 2.24) is 5.32 Å². The van der Waals surface area contributed by atoms with E-state index in [4.69, 9.17) is 10.5 Å². The molecule has 0 aliphatic heterocycles. The van der Waals surface area contributed by atoms with Crippen LogP contribution in [-0.2, 0) is 11.3 Å². The van der Waals surface area contributed by atoms with Crippen molar-refractivity contribution in [2.75, 3.05) is 19.8 Å². The predicted octanol–water partition coefficient (Wildman–Crippen LogP) is 1.61. The molecule has 0 atom stereocenters. The van der Waals surface area contributed by atoms with Gasteiger partial charge in [0.15, 0.2) is 0 Å². The molecule has 104 valence electrons. The first-order valence-corrected chi connectivity index (χ1v) is 6.12. The Bertz CT molecular complexity index is 435. The van der Waals surface area contributed by atoms with E-state index in [9.17, 15) is 9.18 Å².